The van der Waals surface area contributed by atoms with Crippen molar-refractivity contribution in [3.8, 4) is 0 Å². The second-order valence-electron chi connectivity index (χ2n) is 7.47. The fourth-order valence-electron chi connectivity index (χ4n) is 5.39. The van der Waals surface area contributed by atoms with Crippen LogP contribution in [0.2, 0.25) is 10.0 Å². The van der Waals surface area contributed by atoms with Crippen LogP contribution in [0.4, 0.5) is 5.95 Å². The first-order valence-corrected chi connectivity index (χ1v) is 9.02. The molecule has 0 spiro atoms. The molecular formula is C17H19Cl2N3. The van der Waals surface area contributed by atoms with Crippen LogP contribution in [0.1, 0.15) is 32.1 Å². The van der Waals surface area contributed by atoms with E-state index in [0.29, 0.717) is 16.1 Å². The minimum Gasteiger partial charge on any atom is -0.353 e. The molecule has 1 aromatic heterocycles. The third-order valence-electron chi connectivity index (χ3n) is 6.05. The molecule has 0 aliphatic heterocycles. The lowest BCUT2D eigenvalue weighted by atomic mass is 9.54. The molecule has 1 heterocycles. The predicted molar refractivity (Wildman–Crippen MR) is 90.6 cm³/mol. The SMILES string of the molecule is Clc1cc2nc(NC3C4CC5CC(C4)CC3C5)[nH]c2cc1Cl. The van der Waals surface area contributed by atoms with Crippen molar-refractivity contribution in [2.45, 2.75) is 38.1 Å². The van der Waals surface area contributed by atoms with E-state index in [1.165, 1.54) is 32.1 Å². The number of aromatic amines is 1. The molecule has 0 atom stereocenters. The summed E-state index contributed by atoms with van der Waals surface area (Å²) in [7, 11) is 0. The Bertz CT molecular complexity index is 672. The number of aromatic nitrogens is 2. The first-order chi connectivity index (χ1) is 10.7. The summed E-state index contributed by atoms with van der Waals surface area (Å²) >= 11 is 12.2. The van der Waals surface area contributed by atoms with E-state index in [1.54, 1.807) is 0 Å². The van der Waals surface area contributed by atoms with Gasteiger partial charge in [-0.15, -0.1) is 0 Å². The van der Waals surface area contributed by atoms with Crippen molar-refractivity contribution in [2.75, 3.05) is 5.32 Å². The molecule has 2 N–H and O–H groups in total. The number of fused-ring (bicyclic) bond motifs is 1. The van der Waals surface area contributed by atoms with E-state index >= 15 is 0 Å². The Kier molecular flexibility index (Phi) is 2.93. The van der Waals surface area contributed by atoms with Crippen LogP contribution in [0, 0.1) is 23.7 Å². The minimum atomic E-state index is 0.557. The van der Waals surface area contributed by atoms with Crippen molar-refractivity contribution in [2.24, 2.45) is 23.7 Å². The average molecular weight is 336 g/mol. The van der Waals surface area contributed by atoms with Gasteiger partial charge in [0.05, 0.1) is 21.1 Å². The van der Waals surface area contributed by atoms with Gasteiger partial charge in [0.2, 0.25) is 5.95 Å². The Balaban J connectivity index is 1.44. The van der Waals surface area contributed by atoms with Gasteiger partial charge in [0.1, 0.15) is 0 Å². The van der Waals surface area contributed by atoms with Crippen LogP contribution >= 0.6 is 23.2 Å². The summed E-state index contributed by atoms with van der Waals surface area (Å²) in [5.41, 5.74) is 1.82. The summed E-state index contributed by atoms with van der Waals surface area (Å²) in [5, 5.41) is 4.83. The molecule has 0 radical (unpaired) electrons. The Morgan fingerprint density at radius 2 is 1.59 bits per heavy atom. The molecule has 3 nitrogen and oxygen atoms in total. The number of halogens is 2. The van der Waals surface area contributed by atoms with Gasteiger partial charge in [-0.25, -0.2) is 4.98 Å². The first-order valence-electron chi connectivity index (χ1n) is 8.27. The zero-order chi connectivity index (χ0) is 14.8. The van der Waals surface area contributed by atoms with Crippen molar-refractivity contribution in [3.63, 3.8) is 0 Å². The van der Waals surface area contributed by atoms with Crippen LogP contribution < -0.4 is 5.32 Å². The van der Waals surface area contributed by atoms with Gasteiger partial charge >= 0.3 is 0 Å². The van der Waals surface area contributed by atoms with Gasteiger partial charge in [-0.05, 0) is 67.9 Å². The summed E-state index contributed by atoms with van der Waals surface area (Å²) in [5.74, 6) is 4.52. The van der Waals surface area contributed by atoms with Crippen molar-refractivity contribution < 1.29 is 0 Å². The largest absolute Gasteiger partial charge is 0.353 e. The van der Waals surface area contributed by atoms with E-state index in [2.05, 4.69) is 15.3 Å². The maximum Gasteiger partial charge on any atom is 0.201 e. The van der Waals surface area contributed by atoms with Crippen molar-refractivity contribution in [1.82, 2.24) is 9.97 Å². The van der Waals surface area contributed by atoms with E-state index in [0.717, 1.165) is 40.7 Å². The molecule has 0 unspecified atom stereocenters. The Hall–Kier alpha value is -0.930. The van der Waals surface area contributed by atoms with E-state index < -0.39 is 0 Å². The first kappa shape index (κ1) is 13.5. The number of H-pyrrole nitrogens is 1. The van der Waals surface area contributed by atoms with Gasteiger partial charge in [-0.1, -0.05) is 23.2 Å². The van der Waals surface area contributed by atoms with E-state index in [1.807, 2.05) is 12.1 Å². The molecule has 5 heteroatoms. The third-order valence-corrected chi connectivity index (χ3v) is 6.78. The fourth-order valence-corrected chi connectivity index (χ4v) is 5.71. The molecule has 2 aromatic rings. The van der Waals surface area contributed by atoms with Gasteiger partial charge in [-0.2, -0.15) is 0 Å². The van der Waals surface area contributed by atoms with Crippen LogP contribution in [-0.4, -0.2) is 16.0 Å². The van der Waals surface area contributed by atoms with Gasteiger partial charge in [-0.3, -0.25) is 0 Å². The second kappa shape index (κ2) is 4.78. The maximum atomic E-state index is 6.09. The number of hydrogen-bond donors (Lipinski definition) is 2. The van der Waals surface area contributed by atoms with Crippen LogP contribution in [0.25, 0.3) is 11.0 Å². The molecule has 116 valence electrons. The molecule has 0 saturated heterocycles. The number of anilines is 1. The number of imidazole rings is 1. The van der Waals surface area contributed by atoms with Crippen molar-refractivity contribution in [3.05, 3.63) is 22.2 Å². The predicted octanol–water partition coefficient (Wildman–Crippen LogP) is 5.11. The molecular weight excluding hydrogens is 317 g/mol. The van der Waals surface area contributed by atoms with Gasteiger partial charge in [0.15, 0.2) is 0 Å². The molecule has 6 rings (SSSR count). The van der Waals surface area contributed by atoms with Crippen LogP contribution in [-0.2, 0) is 0 Å². The molecule has 0 amide bonds. The van der Waals surface area contributed by atoms with Gasteiger partial charge in [0, 0.05) is 6.04 Å². The molecule has 22 heavy (non-hydrogen) atoms. The monoisotopic (exact) mass is 335 g/mol. The Morgan fingerprint density at radius 1 is 0.955 bits per heavy atom. The second-order valence-corrected chi connectivity index (χ2v) is 8.28. The molecule has 4 aliphatic carbocycles. The van der Waals surface area contributed by atoms with Crippen LogP contribution in [0.5, 0.6) is 0 Å². The highest BCUT2D eigenvalue weighted by molar-refractivity contribution is 6.42. The average Bonchev–Trinajstić information content (AvgIpc) is 2.84. The van der Waals surface area contributed by atoms with E-state index in [9.17, 15) is 0 Å². The number of hydrogen-bond acceptors (Lipinski definition) is 2. The van der Waals surface area contributed by atoms with Crippen molar-refractivity contribution >= 4 is 40.2 Å². The van der Waals surface area contributed by atoms with Crippen LogP contribution in [0.15, 0.2) is 12.1 Å². The lowest BCUT2D eigenvalue weighted by Crippen LogP contribution is -2.51. The molecule has 4 fully saturated rings. The molecule has 4 aliphatic rings. The standard InChI is InChI=1S/C17H19Cl2N3/c18-12-6-14-15(7-13(12)19)21-17(20-14)22-16-10-2-8-1-9(4-10)5-11(16)3-8/h6-11,16H,1-5H2,(H2,20,21,22). The summed E-state index contributed by atoms with van der Waals surface area (Å²) in [4.78, 5) is 8.01. The summed E-state index contributed by atoms with van der Waals surface area (Å²) in [6.45, 7) is 0. The topological polar surface area (TPSA) is 40.7 Å². The maximum absolute atomic E-state index is 6.09. The number of benzene rings is 1. The zero-order valence-corrected chi connectivity index (χ0v) is 13.8. The minimum absolute atomic E-state index is 0.557. The number of rotatable bonds is 2. The summed E-state index contributed by atoms with van der Waals surface area (Å²) in [6, 6.07) is 4.27. The highest BCUT2D eigenvalue weighted by atomic mass is 35.5. The molecule has 1 aromatic carbocycles. The molecule has 4 bridgehead atoms. The van der Waals surface area contributed by atoms with Crippen molar-refractivity contribution in [1.29, 1.82) is 0 Å². The number of nitrogens with one attached hydrogen (secondary N) is 2. The quantitative estimate of drug-likeness (QED) is 0.800. The lowest BCUT2D eigenvalue weighted by molar-refractivity contribution is 0.00731. The highest BCUT2D eigenvalue weighted by Crippen LogP contribution is 2.54. The summed E-state index contributed by atoms with van der Waals surface area (Å²) < 4.78 is 0. The van der Waals surface area contributed by atoms with E-state index in [4.69, 9.17) is 23.2 Å². The summed E-state index contributed by atoms with van der Waals surface area (Å²) in [6.07, 6.45) is 7.11. The Morgan fingerprint density at radius 3 is 2.27 bits per heavy atom. The third kappa shape index (κ3) is 2.05. The smallest absolute Gasteiger partial charge is 0.201 e. The zero-order valence-electron chi connectivity index (χ0n) is 12.3. The van der Waals surface area contributed by atoms with Gasteiger partial charge < -0.3 is 10.3 Å². The highest BCUT2D eigenvalue weighted by Gasteiger charge is 2.48. The van der Waals surface area contributed by atoms with E-state index in [-0.39, 0.29) is 0 Å². The van der Waals surface area contributed by atoms with Gasteiger partial charge in [0.25, 0.3) is 0 Å². The lowest BCUT2D eigenvalue weighted by Gasteiger charge is -2.54. The fraction of sp³-hybridized carbons (Fsp3) is 0.588. The molecule has 4 saturated carbocycles. The number of nitrogens with zero attached hydrogens (tertiary/aromatic N) is 1. The van der Waals surface area contributed by atoms with Crippen LogP contribution in [0.3, 0.4) is 0 Å². The normalized spacial score (nSPS) is 36.2. The Labute approximate surface area is 139 Å².